The molecule has 0 bridgehead atoms. The molecule has 2 fully saturated rings. The van der Waals surface area contributed by atoms with Crippen molar-refractivity contribution in [3.63, 3.8) is 0 Å². The molecular weight excluding hydrogens is 397 g/mol. The van der Waals surface area contributed by atoms with Crippen LogP contribution < -0.4 is 5.73 Å². The van der Waals surface area contributed by atoms with Crippen LogP contribution in [-0.2, 0) is 9.53 Å². The molecule has 0 aliphatic carbocycles. The summed E-state index contributed by atoms with van der Waals surface area (Å²) in [6.07, 6.45) is 4.03. The first-order valence-corrected chi connectivity index (χ1v) is 10.5. The second kappa shape index (κ2) is 9.41. The molecule has 0 saturated carbocycles. The third kappa shape index (κ3) is 4.90. The monoisotopic (exact) mass is 425 g/mol. The van der Waals surface area contributed by atoms with Crippen molar-refractivity contribution in [3.8, 4) is 0 Å². The van der Waals surface area contributed by atoms with Gasteiger partial charge in [0.15, 0.2) is 0 Å². The maximum absolute atomic E-state index is 13.4. The van der Waals surface area contributed by atoms with Crippen LogP contribution in [0.3, 0.4) is 0 Å². The number of carbonyl (C=O) groups is 2. The van der Waals surface area contributed by atoms with Gasteiger partial charge in [-0.3, -0.25) is 14.5 Å². The molecule has 2 saturated heterocycles. The first-order valence-electron chi connectivity index (χ1n) is 10.1. The Hall–Kier alpha value is -1.70. The number of nitrogens with two attached hydrogens (primary N) is 1. The van der Waals surface area contributed by atoms with Crippen LogP contribution in [0.2, 0.25) is 5.02 Å². The zero-order chi connectivity index (χ0) is 21.0. The highest BCUT2D eigenvalue weighted by molar-refractivity contribution is 6.31. The van der Waals surface area contributed by atoms with E-state index in [2.05, 4.69) is 4.90 Å². The lowest BCUT2D eigenvalue weighted by molar-refractivity contribution is -0.133. The molecule has 6 nitrogen and oxygen atoms in total. The Labute approximate surface area is 176 Å². The van der Waals surface area contributed by atoms with Gasteiger partial charge in [0.2, 0.25) is 5.91 Å². The summed E-state index contributed by atoms with van der Waals surface area (Å²) in [5.74, 6) is -0.908. The highest BCUT2D eigenvalue weighted by Gasteiger charge is 2.42. The Bertz CT molecular complexity index is 755. The van der Waals surface area contributed by atoms with Crippen molar-refractivity contribution >= 4 is 23.4 Å². The highest BCUT2D eigenvalue weighted by atomic mass is 35.5. The van der Waals surface area contributed by atoms with Gasteiger partial charge < -0.3 is 15.4 Å². The van der Waals surface area contributed by atoms with E-state index in [1.165, 1.54) is 18.2 Å². The molecule has 2 aliphatic rings. The molecule has 1 atom stereocenters. The van der Waals surface area contributed by atoms with Crippen LogP contribution in [0.5, 0.6) is 0 Å². The Balaban J connectivity index is 1.60. The summed E-state index contributed by atoms with van der Waals surface area (Å²) in [5.41, 5.74) is 5.64. The van der Waals surface area contributed by atoms with Crippen LogP contribution in [0.15, 0.2) is 18.2 Å². The van der Waals surface area contributed by atoms with E-state index in [9.17, 15) is 14.0 Å². The molecule has 0 spiro atoms. The van der Waals surface area contributed by atoms with Gasteiger partial charge in [-0.15, -0.1) is 0 Å². The molecule has 1 unspecified atom stereocenters. The van der Waals surface area contributed by atoms with Crippen molar-refractivity contribution < 1.29 is 18.7 Å². The number of ether oxygens (including phenoxy) is 1. The minimum absolute atomic E-state index is 0.0436. The molecule has 2 heterocycles. The van der Waals surface area contributed by atoms with Gasteiger partial charge in [-0.25, -0.2) is 4.39 Å². The normalized spacial score (nSPS) is 23.9. The number of hydrogen-bond donors (Lipinski definition) is 1. The van der Waals surface area contributed by atoms with Crippen molar-refractivity contribution in [2.45, 2.75) is 38.1 Å². The minimum atomic E-state index is -0.536. The SMILES string of the molecule is COCCC1(C(N)=O)CCCN(C2CCN(C(=O)c3ccc(F)c(Cl)c3)CC2)C1. The maximum Gasteiger partial charge on any atom is 0.253 e. The summed E-state index contributed by atoms with van der Waals surface area (Å²) in [6.45, 7) is 3.35. The molecule has 2 aliphatic heterocycles. The number of benzene rings is 1. The Kier molecular flexibility index (Phi) is 7.14. The van der Waals surface area contributed by atoms with Crippen LogP contribution in [-0.4, -0.2) is 67.6 Å². The van der Waals surface area contributed by atoms with Gasteiger partial charge in [0.25, 0.3) is 5.91 Å². The highest BCUT2D eigenvalue weighted by Crippen LogP contribution is 2.35. The molecule has 160 valence electrons. The maximum atomic E-state index is 13.4. The van der Waals surface area contributed by atoms with Crippen molar-refractivity contribution in [1.82, 2.24) is 9.80 Å². The molecule has 0 radical (unpaired) electrons. The van der Waals surface area contributed by atoms with Crippen molar-refractivity contribution in [3.05, 3.63) is 34.6 Å². The Morgan fingerprint density at radius 1 is 1.31 bits per heavy atom. The number of nitrogens with zero attached hydrogens (tertiary/aromatic N) is 2. The van der Waals surface area contributed by atoms with Gasteiger partial charge in [-0.05, 0) is 56.8 Å². The van der Waals surface area contributed by atoms with Crippen LogP contribution >= 0.6 is 11.6 Å². The van der Waals surface area contributed by atoms with E-state index in [0.29, 0.717) is 44.3 Å². The first-order chi connectivity index (χ1) is 13.9. The van der Waals surface area contributed by atoms with Gasteiger partial charge in [0.05, 0.1) is 10.4 Å². The van der Waals surface area contributed by atoms with Gasteiger partial charge in [-0.2, -0.15) is 0 Å². The largest absolute Gasteiger partial charge is 0.385 e. The molecule has 1 aromatic rings. The molecule has 0 aromatic heterocycles. The average Bonchev–Trinajstić information content (AvgIpc) is 2.74. The predicted molar refractivity (Wildman–Crippen MR) is 109 cm³/mol. The van der Waals surface area contributed by atoms with Gasteiger partial charge in [0.1, 0.15) is 5.82 Å². The fourth-order valence-corrected chi connectivity index (χ4v) is 4.73. The molecule has 2 N–H and O–H groups in total. The number of methoxy groups -OCH3 is 1. The van der Waals surface area contributed by atoms with E-state index >= 15 is 0 Å². The molecule has 29 heavy (non-hydrogen) atoms. The number of amides is 2. The summed E-state index contributed by atoms with van der Waals surface area (Å²) >= 11 is 5.81. The summed E-state index contributed by atoms with van der Waals surface area (Å²) in [7, 11) is 1.64. The van der Waals surface area contributed by atoms with Gasteiger partial charge in [-0.1, -0.05) is 11.6 Å². The smallest absolute Gasteiger partial charge is 0.253 e. The average molecular weight is 426 g/mol. The van der Waals surface area contributed by atoms with Crippen LogP contribution in [0.4, 0.5) is 4.39 Å². The first kappa shape index (κ1) is 22.0. The van der Waals surface area contributed by atoms with Crippen molar-refractivity contribution in [2.75, 3.05) is 39.9 Å². The van der Waals surface area contributed by atoms with Crippen molar-refractivity contribution in [1.29, 1.82) is 0 Å². The lowest BCUT2D eigenvalue weighted by atomic mass is 9.76. The van der Waals surface area contributed by atoms with Gasteiger partial charge in [0, 0.05) is 45.0 Å². The summed E-state index contributed by atoms with van der Waals surface area (Å²) in [5, 5.41) is -0.0436. The van der Waals surface area contributed by atoms with E-state index < -0.39 is 11.2 Å². The minimum Gasteiger partial charge on any atom is -0.385 e. The van der Waals surface area contributed by atoms with Crippen LogP contribution in [0, 0.1) is 11.2 Å². The molecule has 2 amide bonds. The number of rotatable bonds is 6. The standard InChI is InChI=1S/C21H29ClFN3O3/c1-29-12-8-21(20(24)28)7-2-9-26(14-21)16-5-10-25(11-6-16)19(27)15-3-4-18(23)17(22)13-15/h3-4,13,16H,2,5-12,14H2,1H3,(H2,24,28). The zero-order valence-electron chi connectivity index (χ0n) is 16.8. The summed E-state index contributed by atoms with van der Waals surface area (Å²) in [6, 6.07) is 4.39. The number of primary amides is 1. The lowest BCUT2D eigenvalue weighted by Gasteiger charge is -2.46. The molecule has 8 heteroatoms. The molecule has 3 rings (SSSR count). The summed E-state index contributed by atoms with van der Waals surface area (Å²) in [4.78, 5) is 29.1. The summed E-state index contributed by atoms with van der Waals surface area (Å²) < 4.78 is 18.6. The van der Waals surface area contributed by atoms with E-state index in [1.54, 1.807) is 12.0 Å². The second-order valence-electron chi connectivity index (χ2n) is 8.11. The second-order valence-corrected chi connectivity index (χ2v) is 8.52. The van der Waals surface area contributed by atoms with Crippen LogP contribution in [0.1, 0.15) is 42.5 Å². The predicted octanol–water partition coefficient (Wildman–Crippen LogP) is 2.69. The quantitative estimate of drug-likeness (QED) is 0.760. The number of hydrogen-bond acceptors (Lipinski definition) is 4. The number of likely N-dealkylation sites (tertiary alicyclic amines) is 2. The fourth-order valence-electron chi connectivity index (χ4n) is 4.55. The number of halogens is 2. The van der Waals surface area contributed by atoms with E-state index in [4.69, 9.17) is 22.1 Å². The molecular formula is C21H29ClFN3O3. The van der Waals surface area contributed by atoms with Crippen molar-refractivity contribution in [2.24, 2.45) is 11.1 Å². The van der Waals surface area contributed by atoms with E-state index in [0.717, 1.165) is 32.2 Å². The zero-order valence-corrected chi connectivity index (χ0v) is 17.6. The van der Waals surface area contributed by atoms with Crippen LogP contribution in [0.25, 0.3) is 0 Å². The number of piperidine rings is 2. The van der Waals surface area contributed by atoms with Gasteiger partial charge >= 0.3 is 0 Å². The Morgan fingerprint density at radius 3 is 2.66 bits per heavy atom. The number of carbonyl (C=O) groups excluding carboxylic acids is 2. The van der Waals surface area contributed by atoms with E-state index in [1.807, 2.05) is 0 Å². The topological polar surface area (TPSA) is 75.9 Å². The Morgan fingerprint density at radius 2 is 2.03 bits per heavy atom. The third-order valence-electron chi connectivity index (χ3n) is 6.35. The molecule has 1 aromatic carbocycles. The lowest BCUT2D eigenvalue weighted by Crippen LogP contribution is -2.56. The van der Waals surface area contributed by atoms with E-state index in [-0.39, 0.29) is 16.8 Å². The third-order valence-corrected chi connectivity index (χ3v) is 6.64. The fraction of sp³-hybridized carbons (Fsp3) is 0.619.